The lowest BCUT2D eigenvalue weighted by molar-refractivity contribution is 0.112. The van der Waals surface area contributed by atoms with E-state index in [0.29, 0.717) is 12.1 Å². The van der Waals surface area contributed by atoms with Crippen LogP contribution in [-0.4, -0.2) is 43.4 Å². The molecule has 1 aliphatic rings. The van der Waals surface area contributed by atoms with E-state index in [9.17, 15) is 4.79 Å². The number of piperazine rings is 1. The highest BCUT2D eigenvalue weighted by molar-refractivity contribution is 5.77. The second-order valence-corrected chi connectivity index (χ2v) is 5.43. The van der Waals surface area contributed by atoms with Gasteiger partial charge < -0.3 is 4.90 Å². The van der Waals surface area contributed by atoms with Crippen molar-refractivity contribution in [1.29, 1.82) is 0 Å². The Morgan fingerprint density at radius 3 is 2.33 bits per heavy atom. The van der Waals surface area contributed by atoms with Crippen LogP contribution >= 0.6 is 0 Å². The van der Waals surface area contributed by atoms with Crippen molar-refractivity contribution in [2.75, 3.05) is 25.0 Å². The second kappa shape index (κ2) is 5.11. The molecule has 1 fully saturated rings. The van der Waals surface area contributed by atoms with E-state index >= 15 is 0 Å². The van der Waals surface area contributed by atoms with Crippen molar-refractivity contribution in [3.8, 4) is 0 Å². The highest BCUT2D eigenvalue weighted by Crippen LogP contribution is 2.25. The van der Waals surface area contributed by atoms with Gasteiger partial charge in [0.2, 0.25) is 0 Å². The molecule has 2 rings (SSSR count). The molecule has 0 amide bonds. The molecule has 3 nitrogen and oxygen atoms in total. The van der Waals surface area contributed by atoms with Gasteiger partial charge in [0.1, 0.15) is 6.29 Å². The summed E-state index contributed by atoms with van der Waals surface area (Å²) in [5.41, 5.74) is 3.20. The van der Waals surface area contributed by atoms with Crippen molar-refractivity contribution >= 4 is 12.0 Å². The number of anilines is 1. The number of benzene rings is 1. The molecule has 0 saturated carbocycles. The van der Waals surface area contributed by atoms with Gasteiger partial charge in [-0.1, -0.05) is 0 Å². The number of likely N-dealkylation sites (N-methyl/N-ethyl adjacent to an activating group) is 1. The van der Waals surface area contributed by atoms with E-state index in [2.05, 4.69) is 43.7 Å². The SMILES string of the molecule is Cc1cc(C=O)ccc1N1CC(C)N(C)C(C)C1. The Balaban J connectivity index is 2.24. The summed E-state index contributed by atoms with van der Waals surface area (Å²) in [5, 5.41) is 0. The lowest BCUT2D eigenvalue weighted by atomic mass is 10.0. The summed E-state index contributed by atoms with van der Waals surface area (Å²) in [6.07, 6.45) is 0.909. The van der Waals surface area contributed by atoms with Gasteiger partial charge in [0.15, 0.2) is 0 Å². The molecule has 2 unspecified atom stereocenters. The molecular weight excluding hydrogens is 224 g/mol. The van der Waals surface area contributed by atoms with Crippen molar-refractivity contribution in [2.45, 2.75) is 32.9 Å². The minimum absolute atomic E-state index is 0.555. The maximum atomic E-state index is 10.8. The molecule has 2 atom stereocenters. The van der Waals surface area contributed by atoms with Gasteiger partial charge in [0.25, 0.3) is 0 Å². The summed E-state index contributed by atoms with van der Waals surface area (Å²) in [5.74, 6) is 0. The zero-order valence-corrected chi connectivity index (χ0v) is 11.7. The van der Waals surface area contributed by atoms with E-state index in [1.165, 1.54) is 11.3 Å². The predicted molar refractivity (Wildman–Crippen MR) is 75.5 cm³/mol. The minimum Gasteiger partial charge on any atom is -0.368 e. The summed E-state index contributed by atoms with van der Waals surface area (Å²) in [7, 11) is 2.19. The van der Waals surface area contributed by atoms with E-state index in [4.69, 9.17) is 0 Å². The van der Waals surface area contributed by atoms with Crippen molar-refractivity contribution in [1.82, 2.24) is 4.90 Å². The van der Waals surface area contributed by atoms with E-state index in [-0.39, 0.29) is 0 Å². The number of carbonyl (C=O) groups is 1. The summed E-state index contributed by atoms with van der Waals surface area (Å²) in [4.78, 5) is 15.6. The Kier molecular flexibility index (Phi) is 3.71. The molecule has 1 aliphatic heterocycles. The molecule has 0 aromatic heterocycles. The quantitative estimate of drug-likeness (QED) is 0.748. The number of hydrogen-bond donors (Lipinski definition) is 0. The molecule has 0 radical (unpaired) electrons. The van der Waals surface area contributed by atoms with Crippen LogP contribution in [0.1, 0.15) is 29.8 Å². The maximum absolute atomic E-state index is 10.8. The fourth-order valence-corrected chi connectivity index (χ4v) is 2.71. The molecule has 1 aromatic rings. The van der Waals surface area contributed by atoms with Gasteiger partial charge in [-0.25, -0.2) is 0 Å². The zero-order valence-electron chi connectivity index (χ0n) is 11.7. The number of carbonyl (C=O) groups excluding carboxylic acids is 1. The standard InChI is InChI=1S/C15H22N2O/c1-11-7-14(10-18)5-6-15(11)17-8-12(2)16(4)13(3)9-17/h5-7,10,12-13H,8-9H2,1-4H3. The first kappa shape index (κ1) is 13.1. The number of aldehydes is 1. The molecule has 18 heavy (non-hydrogen) atoms. The van der Waals surface area contributed by atoms with Gasteiger partial charge in [0, 0.05) is 36.4 Å². The first-order chi connectivity index (χ1) is 8.52. The number of rotatable bonds is 2. The van der Waals surface area contributed by atoms with Gasteiger partial charge in [-0.3, -0.25) is 9.69 Å². The third kappa shape index (κ3) is 2.41. The summed E-state index contributed by atoms with van der Waals surface area (Å²) in [6, 6.07) is 7.06. The van der Waals surface area contributed by atoms with Crippen LogP contribution in [0.2, 0.25) is 0 Å². The van der Waals surface area contributed by atoms with E-state index < -0.39 is 0 Å². The average Bonchev–Trinajstić information content (AvgIpc) is 2.35. The predicted octanol–water partition coefficient (Wildman–Crippen LogP) is 2.34. The van der Waals surface area contributed by atoms with E-state index in [1.54, 1.807) is 0 Å². The van der Waals surface area contributed by atoms with Gasteiger partial charge in [0.05, 0.1) is 0 Å². The average molecular weight is 246 g/mol. The smallest absolute Gasteiger partial charge is 0.150 e. The molecule has 3 heteroatoms. The Bertz CT molecular complexity index is 432. The highest BCUT2D eigenvalue weighted by Gasteiger charge is 2.27. The fourth-order valence-electron chi connectivity index (χ4n) is 2.71. The van der Waals surface area contributed by atoms with Crippen LogP contribution in [0, 0.1) is 6.92 Å². The van der Waals surface area contributed by atoms with Crippen LogP contribution in [-0.2, 0) is 0 Å². The second-order valence-electron chi connectivity index (χ2n) is 5.43. The summed E-state index contributed by atoms with van der Waals surface area (Å²) < 4.78 is 0. The third-order valence-corrected chi connectivity index (χ3v) is 4.06. The molecular formula is C15H22N2O. The third-order valence-electron chi connectivity index (χ3n) is 4.06. The largest absolute Gasteiger partial charge is 0.368 e. The zero-order chi connectivity index (χ0) is 13.3. The van der Waals surface area contributed by atoms with Gasteiger partial charge in [-0.2, -0.15) is 0 Å². The lowest BCUT2D eigenvalue weighted by Crippen LogP contribution is -2.55. The monoisotopic (exact) mass is 246 g/mol. The molecule has 0 spiro atoms. The lowest BCUT2D eigenvalue weighted by Gasteiger charge is -2.44. The molecule has 0 bridgehead atoms. The Morgan fingerprint density at radius 1 is 1.22 bits per heavy atom. The van der Waals surface area contributed by atoms with E-state index in [0.717, 1.165) is 24.9 Å². The minimum atomic E-state index is 0.555. The summed E-state index contributed by atoms with van der Waals surface area (Å²) in [6.45, 7) is 8.69. The van der Waals surface area contributed by atoms with Crippen LogP contribution in [0.3, 0.4) is 0 Å². The molecule has 1 aromatic carbocycles. The van der Waals surface area contributed by atoms with Gasteiger partial charge in [-0.05, 0) is 51.6 Å². The molecule has 0 N–H and O–H groups in total. The first-order valence-corrected chi connectivity index (χ1v) is 6.55. The van der Waals surface area contributed by atoms with Crippen LogP contribution in [0.4, 0.5) is 5.69 Å². The van der Waals surface area contributed by atoms with E-state index in [1.807, 2.05) is 12.1 Å². The van der Waals surface area contributed by atoms with Crippen LogP contribution < -0.4 is 4.90 Å². The Morgan fingerprint density at radius 2 is 1.83 bits per heavy atom. The van der Waals surface area contributed by atoms with Crippen molar-refractivity contribution < 1.29 is 4.79 Å². The fraction of sp³-hybridized carbons (Fsp3) is 0.533. The normalized spacial score (nSPS) is 25.2. The van der Waals surface area contributed by atoms with Crippen LogP contribution in [0.25, 0.3) is 0 Å². The molecule has 98 valence electrons. The number of aryl methyl sites for hydroxylation is 1. The molecule has 1 heterocycles. The van der Waals surface area contributed by atoms with Crippen molar-refractivity contribution in [3.63, 3.8) is 0 Å². The van der Waals surface area contributed by atoms with Crippen molar-refractivity contribution in [2.24, 2.45) is 0 Å². The number of nitrogens with zero attached hydrogens (tertiary/aromatic N) is 2. The van der Waals surface area contributed by atoms with Gasteiger partial charge in [-0.15, -0.1) is 0 Å². The molecule has 0 aliphatic carbocycles. The summed E-state index contributed by atoms with van der Waals surface area (Å²) >= 11 is 0. The first-order valence-electron chi connectivity index (χ1n) is 6.55. The van der Waals surface area contributed by atoms with Crippen LogP contribution in [0.5, 0.6) is 0 Å². The Labute approximate surface area is 109 Å². The maximum Gasteiger partial charge on any atom is 0.150 e. The topological polar surface area (TPSA) is 23.6 Å². The number of hydrogen-bond acceptors (Lipinski definition) is 3. The Hall–Kier alpha value is -1.35. The highest BCUT2D eigenvalue weighted by atomic mass is 16.1. The molecule has 1 saturated heterocycles. The van der Waals surface area contributed by atoms with Crippen molar-refractivity contribution in [3.05, 3.63) is 29.3 Å². The van der Waals surface area contributed by atoms with Gasteiger partial charge >= 0.3 is 0 Å². The van der Waals surface area contributed by atoms with Crippen LogP contribution in [0.15, 0.2) is 18.2 Å².